The number of ether oxygens (including phenoxy) is 1. The molecule has 5 heteroatoms. The summed E-state index contributed by atoms with van der Waals surface area (Å²) < 4.78 is 8.11. The summed E-state index contributed by atoms with van der Waals surface area (Å²) in [5, 5.41) is 10.1. The Labute approximate surface area is 124 Å². The molecule has 0 aromatic carbocycles. The van der Waals surface area contributed by atoms with Crippen molar-refractivity contribution in [1.82, 2.24) is 4.57 Å². The Balaban J connectivity index is 1.94. The van der Waals surface area contributed by atoms with Gasteiger partial charge in [0.25, 0.3) is 0 Å². The molecule has 114 valence electrons. The zero-order chi connectivity index (χ0) is 15.3. The number of nitrogens with two attached hydrogens (primary N) is 2. The van der Waals surface area contributed by atoms with Gasteiger partial charge in [-0.3, -0.25) is 0 Å². The normalized spacial score (nSPS) is 30.7. The molecule has 2 aliphatic rings. The first-order chi connectivity index (χ1) is 9.85. The fraction of sp³-hybridized carbons (Fsp3) is 0.500. The zero-order valence-corrected chi connectivity index (χ0v) is 12.5. The van der Waals surface area contributed by atoms with Crippen LogP contribution in [0.4, 0.5) is 5.82 Å². The van der Waals surface area contributed by atoms with E-state index in [2.05, 4.69) is 0 Å². The van der Waals surface area contributed by atoms with E-state index in [1.807, 2.05) is 42.8 Å². The molecule has 1 heterocycles. The van der Waals surface area contributed by atoms with Gasteiger partial charge in [0.15, 0.2) is 0 Å². The van der Waals surface area contributed by atoms with Crippen molar-refractivity contribution in [3.05, 3.63) is 41.8 Å². The van der Waals surface area contributed by atoms with E-state index in [0.717, 1.165) is 18.4 Å². The van der Waals surface area contributed by atoms with E-state index < -0.39 is 5.60 Å². The maximum absolute atomic E-state index is 10.1. The highest BCUT2D eigenvalue weighted by atomic mass is 16.5. The molecule has 0 amide bonds. The van der Waals surface area contributed by atoms with Crippen LogP contribution in [0.3, 0.4) is 0 Å². The first kappa shape index (κ1) is 14.2. The number of hydrogen-bond donors (Lipinski definition) is 3. The molecule has 1 fully saturated rings. The molecule has 0 radical (unpaired) electrons. The lowest BCUT2D eigenvalue weighted by Crippen LogP contribution is -2.44. The number of anilines is 1. The number of nitrogen functional groups attached to an aromatic ring is 1. The molecular weight excluding hydrogens is 266 g/mol. The van der Waals surface area contributed by atoms with Gasteiger partial charge in [-0.15, -0.1) is 0 Å². The second-order valence-corrected chi connectivity index (χ2v) is 6.48. The molecule has 1 aromatic rings. The maximum atomic E-state index is 10.1. The van der Waals surface area contributed by atoms with Gasteiger partial charge in [0, 0.05) is 11.7 Å². The van der Waals surface area contributed by atoms with Gasteiger partial charge in [-0.05, 0) is 56.5 Å². The highest BCUT2D eigenvalue weighted by Gasteiger charge is 2.44. The van der Waals surface area contributed by atoms with Crippen LogP contribution in [0.25, 0.3) is 0 Å². The van der Waals surface area contributed by atoms with E-state index in [1.54, 1.807) is 6.08 Å². The van der Waals surface area contributed by atoms with Crippen LogP contribution in [-0.2, 0) is 4.74 Å². The van der Waals surface area contributed by atoms with Crippen LogP contribution in [0.1, 0.15) is 32.7 Å². The van der Waals surface area contributed by atoms with E-state index in [0.29, 0.717) is 12.4 Å². The summed E-state index contributed by atoms with van der Waals surface area (Å²) in [7, 11) is 0. The Morgan fingerprint density at radius 3 is 2.76 bits per heavy atom. The molecule has 5 N–H and O–H groups in total. The highest BCUT2D eigenvalue weighted by molar-refractivity contribution is 5.39. The Kier molecular flexibility index (Phi) is 3.15. The molecule has 1 aromatic heterocycles. The van der Waals surface area contributed by atoms with Gasteiger partial charge in [-0.1, -0.05) is 0 Å². The lowest BCUT2D eigenvalue weighted by atomic mass is 9.85. The van der Waals surface area contributed by atoms with Crippen LogP contribution >= 0.6 is 0 Å². The monoisotopic (exact) mass is 289 g/mol. The molecule has 3 rings (SSSR count). The Morgan fingerprint density at radius 1 is 1.48 bits per heavy atom. The van der Waals surface area contributed by atoms with Gasteiger partial charge >= 0.3 is 0 Å². The first-order valence-electron chi connectivity index (χ1n) is 7.29. The molecule has 0 bridgehead atoms. The Morgan fingerprint density at radius 2 is 2.19 bits per heavy atom. The van der Waals surface area contributed by atoms with E-state index >= 15 is 0 Å². The highest BCUT2D eigenvalue weighted by Crippen LogP contribution is 2.42. The summed E-state index contributed by atoms with van der Waals surface area (Å²) >= 11 is 0. The smallest absolute Gasteiger partial charge is 0.116 e. The average molecular weight is 289 g/mol. The van der Waals surface area contributed by atoms with Crippen molar-refractivity contribution in [3.8, 4) is 0 Å². The minimum absolute atomic E-state index is 0.180. The topological polar surface area (TPSA) is 86.4 Å². The van der Waals surface area contributed by atoms with Gasteiger partial charge < -0.3 is 25.9 Å². The van der Waals surface area contributed by atoms with E-state index in [4.69, 9.17) is 16.2 Å². The zero-order valence-electron chi connectivity index (χ0n) is 12.5. The van der Waals surface area contributed by atoms with Gasteiger partial charge in [0.1, 0.15) is 17.2 Å². The minimum atomic E-state index is -0.585. The molecular formula is C16H23N3O2. The molecule has 0 aliphatic heterocycles. The minimum Gasteiger partial charge on any atom is -0.508 e. The molecule has 5 nitrogen and oxygen atoms in total. The summed E-state index contributed by atoms with van der Waals surface area (Å²) in [5.74, 6) is 0.911. The lowest BCUT2D eigenvalue weighted by Gasteiger charge is -2.40. The number of rotatable bonds is 4. The summed E-state index contributed by atoms with van der Waals surface area (Å²) in [6.07, 6.45) is 7.51. The standard InChI is InChI=1S/C16H23N3O2/c1-11-12(20)5-6-15(2,21-10-16(18)7-8-16)14(11)19-9-3-4-13(19)17/h3-6,9,14,20H,7-8,10,17-18H2,1-2H3. The number of aliphatic hydroxyl groups excluding tert-OH is 1. The molecule has 1 saturated carbocycles. The number of aliphatic hydroxyl groups is 1. The van der Waals surface area contributed by atoms with Crippen LogP contribution < -0.4 is 11.5 Å². The van der Waals surface area contributed by atoms with Crippen LogP contribution in [-0.4, -0.2) is 27.4 Å². The second kappa shape index (κ2) is 4.64. The fourth-order valence-electron chi connectivity index (χ4n) is 2.89. The van der Waals surface area contributed by atoms with Gasteiger partial charge in [0.05, 0.1) is 12.6 Å². The van der Waals surface area contributed by atoms with Gasteiger partial charge in [-0.2, -0.15) is 0 Å². The summed E-state index contributed by atoms with van der Waals surface area (Å²) in [4.78, 5) is 0. The van der Waals surface area contributed by atoms with Crippen LogP contribution in [0.15, 0.2) is 41.8 Å². The Hall–Kier alpha value is -1.72. The van der Waals surface area contributed by atoms with E-state index in [9.17, 15) is 5.11 Å². The maximum Gasteiger partial charge on any atom is 0.116 e. The SMILES string of the molecule is CC1=C(O)C=CC(C)(OCC2(N)CC2)C1n1cccc1N. The van der Waals surface area contributed by atoms with E-state index in [-0.39, 0.29) is 17.3 Å². The second-order valence-electron chi connectivity index (χ2n) is 6.48. The molecule has 21 heavy (non-hydrogen) atoms. The summed E-state index contributed by atoms with van der Waals surface area (Å²) in [6, 6.07) is 3.55. The molecule has 0 spiro atoms. The lowest BCUT2D eigenvalue weighted by molar-refractivity contribution is -0.0342. The van der Waals surface area contributed by atoms with Gasteiger partial charge in [-0.25, -0.2) is 0 Å². The van der Waals surface area contributed by atoms with Crippen molar-refractivity contribution in [2.75, 3.05) is 12.3 Å². The first-order valence-corrected chi connectivity index (χ1v) is 7.29. The van der Waals surface area contributed by atoms with E-state index in [1.165, 1.54) is 0 Å². The molecule has 0 saturated heterocycles. The molecule has 2 unspecified atom stereocenters. The predicted molar refractivity (Wildman–Crippen MR) is 82.9 cm³/mol. The third kappa shape index (κ3) is 2.47. The number of aromatic nitrogens is 1. The summed E-state index contributed by atoms with van der Waals surface area (Å²) in [5.41, 5.74) is 12.3. The molecule has 2 atom stereocenters. The van der Waals surface area contributed by atoms with Crippen molar-refractivity contribution < 1.29 is 9.84 Å². The number of allylic oxidation sites excluding steroid dienone is 1. The van der Waals surface area contributed by atoms with Crippen molar-refractivity contribution in [2.24, 2.45) is 5.73 Å². The summed E-state index contributed by atoms with van der Waals surface area (Å²) in [6.45, 7) is 4.43. The number of hydrogen-bond acceptors (Lipinski definition) is 4. The van der Waals surface area contributed by atoms with Crippen LogP contribution in [0, 0.1) is 0 Å². The average Bonchev–Trinajstić information content (AvgIpc) is 3.04. The van der Waals surface area contributed by atoms with Crippen molar-refractivity contribution in [2.45, 2.75) is 43.9 Å². The fourth-order valence-corrected chi connectivity index (χ4v) is 2.89. The largest absolute Gasteiger partial charge is 0.508 e. The van der Waals surface area contributed by atoms with Gasteiger partial charge in [0.2, 0.25) is 0 Å². The van der Waals surface area contributed by atoms with Crippen LogP contribution in [0.2, 0.25) is 0 Å². The third-order valence-corrected chi connectivity index (χ3v) is 4.58. The molecule has 2 aliphatic carbocycles. The predicted octanol–water partition coefficient (Wildman–Crippen LogP) is 2.28. The number of nitrogens with zero attached hydrogens (tertiary/aromatic N) is 1. The van der Waals surface area contributed by atoms with Crippen LogP contribution in [0.5, 0.6) is 0 Å². The third-order valence-electron chi connectivity index (χ3n) is 4.58. The van der Waals surface area contributed by atoms with Crippen molar-refractivity contribution in [1.29, 1.82) is 0 Å². The quantitative estimate of drug-likeness (QED) is 0.793. The van der Waals surface area contributed by atoms with Crippen molar-refractivity contribution in [3.63, 3.8) is 0 Å². The Bertz CT molecular complexity index is 613. The van der Waals surface area contributed by atoms with Crippen molar-refractivity contribution >= 4 is 5.82 Å².